The van der Waals surface area contributed by atoms with Crippen molar-refractivity contribution in [3.63, 3.8) is 0 Å². The second-order valence-electron chi connectivity index (χ2n) is 4.47. The van der Waals surface area contributed by atoms with Crippen molar-refractivity contribution in [2.75, 3.05) is 13.6 Å². The Morgan fingerprint density at radius 3 is 2.72 bits per heavy atom. The van der Waals surface area contributed by atoms with E-state index in [1.807, 2.05) is 7.05 Å². The van der Waals surface area contributed by atoms with Crippen molar-refractivity contribution < 1.29 is 4.52 Å². The molecular formula is C14H19N3O. The topological polar surface area (TPSA) is 51.0 Å². The zero-order chi connectivity index (χ0) is 12.8. The van der Waals surface area contributed by atoms with Crippen LogP contribution in [0, 0.1) is 6.92 Å². The van der Waals surface area contributed by atoms with Gasteiger partial charge in [0, 0.05) is 12.8 Å². The van der Waals surface area contributed by atoms with Gasteiger partial charge >= 0.3 is 0 Å². The monoisotopic (exact) mass is 245 g/mol. The largest absolute Gasteiger partial charge is 0.339 e. The third kappa shape index (κ3) is 3.67. The zero-order valence-corrected chi connectivity index (χ0v) is 10.9. The molecule has 0 saturated carbocycles. The number of aryl methyl sites for hydroxylation is 2. The van der Waals surface area contributed by atoms with Crippen LogP contribution < -0.4 is 5.32 Å². The standard InChI is InChI=1S/C14H19N3O/c1-11-5-7-12(8-6-11)10-13-16-14(18-17-13)4-3-9-15-2/h5-8,15H,3-4,9-10H2,1-2H3. The predicted molar refractivity (Wildman–Crippen MR) is 70.5 cm³/mol. The lowest BCUT2D eigenvalue weighted by Gasteiger charge is -1.97. The van der Waals surface area contributed by atoms with Crippen LogP contribution in [0.25, 0.3) is 0 Å². The second-order valence-corrected chi connectivity index (χ2v) is 4.47. The minimum absolute atomic E-state index is 0.729. The molecule has 0 saturated heterocycles. The van der Waals surface area contributed by atoms with Crippen molar-refractivity contribution >= 4 is 0 Å². The first-order chi connectivity index (χ1) is 8.78. The first-order valence-electron chi connectivity index (χ1n) is 6.29. The summed E-state index contributed by atoms with van der Waals surface area (Å²) in [6.07, 6.45) is 2.58. The van der Waals surface area contributed by atoms with Gasteiger partial charge in [-0.05, 0) is 32.5 Å². The molecule has 0 aliphatic heterocycles. The van der Waals surface area contributed by atoms with Crippen LogP contribution >= 0.6 is 0 Å². The average molecular weight is 245 g/mol. The summed E-state index contributed by atoms with van der Waals surface area (Å²) in [6.45, 7) is 3.05. The fourth-order valence-corrected chi connectivity index (χ4v) is 1.77. The summed E-state index contributed by atoms with van der Waals surface area (Å²) in [5, 5.41) is 7.11. The number of benzene rings is 1. The van der Waals surface area contributed by atoms with Crippen LogP contribution in [0.3, 0.4) is 0 Å². The molecule has 2 rings (SSSR count). The molecule has 0 spiro atoms. The van der Waals surface area contributed by atoms with Crippen LogP contribution in [0.5, 0.6) is 0 Å². The van der Waals surface area contributed by atoms with Gasteiger partial charge in [0.05, 0.1) is 0 Å². The molecule has 1 aromatic heterocycles. The van der Waals surface area contributed by atoms with Crippen molar-refractivity contribution in [3.8, 4) is 0 Å². The summed E-state index contributed by atoms with van der Waals surface area (Å²) in [5.74, 6) is 1.49. The van der Waals surface area contributed by atoms with Crippen molar-refractivity contribution in [1.82, 2.24) is 15.5 Å². The number of nitrogens with zero attached hydrogens (tertiary/aromatic N) is 2. The summed E-state index contributed by atoms with van der Waals surface area (Å²) in [5.41, 5.74) is 2.47. The van der Waals surface area contributed by atoms with Crippen LogP contribution in [0.2, 0.25) is 0 Å². The van der Waals surface area contributed by atoms with E-state index in [-0.39, 0.29) is 0 Å². The molecular weight excluding hydrogens is 226 g/mol. The Morgan fingerprint density at radius 1 is 1.22 bits per heavy atom. The third-order valence-corrected chi connectivity index (χ3v) is 2.81. The molecule has 96 valence electrons. The Bertz CT molecular complexity index is 476. The van der Waals surface area contributed by atoms with Crippen LogP contribution in [-0.4, -0.2) is 23.7 Å². The van der Waals surface area contributed by atoms with E-state index < -0.39 is 0 Å². The lowest BCUT2D eigenvalue weighted by atomic mass is 10.1. The van der Waals surface area contributed by atoms with E-state index in [1.54, 1.807) is 0 Å². The summed E-state index contributed by atoms with van der Waals surface area (Å²) >= 11 is 0. The Hall–Kier alpha value is -1.68. The van der Waals surface area contributed by atoms with E-state index in [9.17, 15) is 0 Å². The SMILES string of the molecule is CNCCCc1nc(Cc2ccc(C)cc2)no1. The fraction of sp³-hybridized carbons (Fsp3) is 0.429. The van der Waals surface area contributed by atoms with Crippen LogP contribution in [0.4, 0.5) is 0 Å². The van der Waals surface area contributed by atoms with E-state index in [0.29, 0.717) is 0 Å². The Labute approximate surface area is 107 Å². The van der Waals surface area contributed by atoms with Crippen molar-refractivity contribution in [2.24, 2.45) is 0 Å². The molecule has 4 heteroatoms. The maximum Gasteiger partial charge on any atom is 0.226 e. The van der Waals surface area contributed by atoms with E-state index in [4.69, 9.17) is 4.52 Å². The zero-order valence-electron chi connectivity index (χ0n) is 10.9. The summed E-state index contributed by atoms with van der Waals surface area (Å²) in [4.78, 5) is 4.39. The number of hydrogen-bond acceptors (Lipinski definition) is 4. The normalized spacial score (nSPS) is 10.8. The first-order valence-corrected chi connectivity index (χ1v) is 6.29. The minimum Gasteiger partial charge on any atom is -0.339 e. The van der Waals surface area contributed by atoms with Crippen LogP contribution in [0.1, 0.15) is 29.3 Å². The van der Waals surface area contributed by atoms with Gasteiger partial charge in [-0.2, -0.15) is 4.98 Å². The molecule has 4 nitrogen and oxygen atoms in total. The van der Waals surface area contributed by atoms with Gasteiger partial charge < -0.3 is 9.84 Å². The molecule has 0 aliphatic carbocycles. The number of aromatic nitrogens is 2. The minimum atomic E-state index is 0.729. The van der Waals surface area contributed by atoms with Gasteiger partial charge in [0.25, 0.3) is 0 Å². The van der Waals surface area contributed by atoms with E-state index in [0.717, 1.165) is 37.5 Å². The number of hydrogen-bond donors (Lipinski definition) is 1. The summed E-state index contributed by atoms with van der Waals surface area (Å²) in [7, 11) is 1.94. The molecule has 1 aromatic carbocycles. The molecule has 18 heavy (non-hydrogen) atoms. The molecule has 0 amide bonds. The highest BCUT2D eigenvalue weighted by molar-refractivity contribution is 5.23. The molecule has 1 heterocycles. The maximum absolute atomic E-state index is 5.22. The highest BCUT2D eigenvalue weighted by Crippen LogP contribution is 2.09. The lowest BCUT2D eigenvalue weighted by Crippen LogP contribution is -2.08. The molecule has 0 fully saturated rings. The van der Waals surface area contributed by atoms with Gasteiger partial charge in [-0.15, -0.1) is 0 Å². The molecule has 0 bridgehead atoms. The maximum atomic E-state index is 5.22. The quantitative estimate of drug-likeness (QED) is 0.792. The number of rotatable bonds is 6. The van der Waals surface area contributed by atoms with Crippen LogP contribution in [-0.2, 0) is 12.8 Å². The highest BCUT2D eigenvalue weighted by atomic mass is 16.5. The van der Waals surface area contributed by atoms with Crippen molar-refractivity contribution in [2.45, 2.75) is 26.2 Å². The molecule has 1 N–H and O–H groups in total. The molecule has 2 aromatic rings. The van der Waals surface area contributed by atoms with Crippen molar-refractivity contribution in [1.29, 1.82) is 0 Å². The van der Waals surface area contributed by atoms with Gasteiger partial charge in [0.15, 0.2) is 5.82 Å². The predicted octanol–water partition coefficient (Wildman–Crippen LogP) is 2.12. The average Bonchev–Trinajstić information content (AvgIpc) is 2.80. The summed E-state index contributed by atoms with van der Waals surface area (Å²) in [6, 6.07) is 8.41. The van der Waals surface area contributed by atoms with Gasteiger partial charge in [-0.1, -0.05) is 35.0 Å². The van der Waals surface area contributed by atoms with E-state index in [2.05, 4.69) is 46.6 Å². The van der Waals surface area contributed by atoms with E-state index >= 15 is 0 Å². The van der Waals surface area contributed by atoms with Gasteiger partial charge in [0.1, 0.15) is 0 Å². The van der Waals surface area contributed by atoms with Crippen molar-refractivity contribution in [3.05, 3.63) is 47.1 Å². The smallest absolute Gasteiger partial charge is 0.226 e. The highest BCUT2D eigenvalue weighted by Gasteiger charge is 2.06. The summed E-state index contributed by atoms with van der Waals surface area (Å²) < 4.78 is 5.22. The molecule has 0 unspecified atom stereocenters. The van der Waals surface area contributed by atoms with Gasteiger partial charge in [-0.25, -0.2) is 0 Å². The fourth-order valence-electron chi connectivity index (χ4n) is 1.77. The molecule has 0 atom stereocenters. The number of nitrogens with one attached hydrogen (secondary N) is 1. The second kappa shape index (κ2) is 6.31. The Balaban J connectivity index is 1.91. The van der Waals surface area contributed by atoms with E-state index in [1.165, 1.54) is 11.1 Å². The Kier molecular flexibility index (Phi) is 4.47. The van der Waals surface area contributed by atoms with Gasteiger partial charge in [-0.3, -0.25) is 0 Å². The first kappa shape index (κ1) is 12.8. The molecule has 0 radical (unpaired) electrons. The van der Waals surface area contributed by atoms with Gasteiger partial charge in [0.2, 0.25) is 5.89 Å². The third-order valence-electron chi connectivity index (χ3n) is 2.81. The Morgan fingerprint density at radius 2 is 2.00 bits per heavy atom. The van der Waals surface area contributed by atoms with Crippen LogP contribution in [0.15, 0.2) is 28.8 Å². The lowest BCUT2D eigenvalue weighted by molar-refractivity contribution is 0.370. The molecule has 0 aliphatic rings.